The highest BCUT2D eigenvalue weighted by molar-refractivity contribution is 6.04. The highest BCUT2D eigenvalue weighted by Gasteiger charge is 2.26. The lowest BCUT2D eigenvalue weighted by Gasteiger charge is -2.20. The van der Waals surface area contributed by atoms with E-state index in [1.165, 1.54) is 0 Å². The van der Waals surface area contributed by atoms with E-state index < -0.39 is 17.7 Å². The van der Waals surface area contributed by atoms with E-state index in [9.17, 15) is 9.59 Å². The fourth-order valence-corrected chi connectivity index (χ4v) is 2.99. The van der Waals surface area contributed by atoms with Crippen LogP contribution < -0.4 is 9.47 Å². The minimum atomic E-state index is -0.876. The van der Waals surface area contributed by atoms with Crippen LogP contribution in [-0.4, -0.2) is 17.7 Å². The number of hydrogen-bond donors (Lipinski definition) is 0. The number of hydrogen-bond acceptors (Lipinski definition) is 5. The average Bonchev–Trinajstić information content (AvgIpc) is 2.60. The first kappa shape index (κ1) is 20.4. The number of fused-ring (bicyclic) bond motifs is 1. The van der Waals surface area contributed by atoms with Crippen molar-refractivity contribution in [2.45, 2.75) is 40.2 Å². The van der Waals surface area contributed by atoms with Gasteiger partial charge >= 0.3 is 12.1 Å². The van der Waals surface area contributed by atoms with Crippen LogP contribution in [0.4, 0.5) is 4.79 Å². The van der Waals surface area contributed by atoms with Crippen LogP contribution in [0, 0.1) is 13.8 Å². The second-order valence-electron chi connectivity index (χ2n) is 7.89. The van der Waals surface area contributed by atoms with Gasteiger partial charge in [-0.25, -0.2) is 9.59 Å². The predicted molar refractivity (Wildman–Crippen MR) is 112 cm³/mol. The van der Waals surface area contributed by atoms with Gasteiger partial charge in [0.1, 0.15) is 16.9 Å². The third-order valence-electron chi connectivity index (χ3n) is 4.18. The third kappa shape index (κ3) is 4.93. The van der Waals surface area contributed by atoms with E-state index in [0.717, 1.165) is 10.9 Å². The van der Waals surface area contributed by atoms with Crippen molar-refractivity contribution in [2.75, 3.05) is 0 Å². The lowest BCUT2D eigenvalue weighted by molar-refractivity contribution is 0.0207. The molecule has 0 spiro atoms. The molecule has 5 nitrogen and oxygen atoms in total. The summed E-state index contributed by atoms with van der Waals surface area (Å²) in [4.78, 5) is 25.4. The Bertz CT molecular complexity index is 1060. The number of aryl methyl sites for hydroxylation is 2. The van der Waals surface area contributed by atoms with Crippen LogP contribution in [0.1, 0.15) is 42.3 Å². The first-order valence-corrected chi connectivity index (χ1v) is 9.36. The summed E-state index contributed by atoms with van der Waals surface area (Å²) in [6.07, 6.45) is -0.876. The van der Waals surface area contributed by atoms with Crippen molar-refractivity contribution in [3.05, 3.63) is 71.3 Å². The molecular formula is C24H24O5. The van der Waals surface area contributed by atoms with Crippen molar-refractivity contribution in [1.29, 1.82) is 0 Å². The zero-order valence-corrected chi connectivity index (χ0v) is 17.2. The van der Waals surface area contributed by atoms with Gasteiger partial charge in [-0.1, -0.05) is 48.0 Å². The molecule has 0 aliphatic rings. The molecule has 150 valence electrons. The Labute approximate surface area is 170 Å². The molecule has 0 saturated carbocycles. The summed E-state index contributed by atoms with van der Waals surface area (Å²) in [5, 5.41) is 1.49. The molecule has 0 atom stereocenters. The highest BCUT2D eigenvalue weighted by Crippen LogP contribution is 2.35. The fourth-order valence-electron chi connectivity index (χ4n) is 2.99. The first-order valence-electron chi connectivity index (χ1n) is 9.36. The third-order valence-corrected chi connectivity index (χ3v) is 4.18. The molecule has 0 heterocycles. The average molecular weight is 392 g/mol. The summed E-state index contributed by atoms with van der Waals surface area (Å²) in [5.74, 6) is -0.0611. The molecule has 0 unspecified atom stereocenters. The van der Waals surface area contributed by atoms with Gasteiger partial charge in [0.25, 0.3) is 0 Å². The van der Waals surface area contributed by atoms with Gasteiger partial charge in [-0.05, 0) is 57.7 Å². The summed E-state index contributed by atoms with van der Waals surface area (Å²) in [7, 11) is 0. The fraction of sp³-hybridized carbons (Fsp3) is 0.250. The lowest BCUT2D eigenvalue weighted by atomic mass is 9.98. The summed E-state index contributed by atoms with van der Waals surface area (Å²) in [5.41, 5.74) is 1.16. The molecule has 0 aromatic heterocycles. The van der Waals surface area contributed by atoms with Crippen molar-refractivity contribution in [2.24, 2.45) is 0 Å². The molecule has 3 aromatic rings. The smallest absolute Gasteiger partial charge is 0.428 e. The van der Waals surface area contributed by atoms with Gasteiger partial charge in [-0.3, -0.25) is 0 Å². The Morgan fingerprint density at radius 2 is 1.55 bits per heavy atom. The normalized spacial score (nSPS) is 11.2. The van der Waals surface area contributed by atoms with E-state index in [4.69, 9.17) is 14.2 Å². The lowest BCUT2D eigenvalue weighted by Crippen LogP contribution is -2.26. The van der Waals surface area contributed by atoms with Gasteiger partial charge in [0.05, 0.1) is 0 Å². The number of benzene rings is 3. The Hall–Kier alpha value is -3.34. The molecule has 0 bridgehead atoms. The van der Waals surface area contributed by atoms with Crippen molar-refractivity contribution in [3.63, 3.8) is 0 Å². The van der Waals surface area contributed by atoms with Gasteiger partial charge in [-0.2, -0.15) is 0 Å². The van der Waals surface area contributed by atoms with Crippen molar-refractivity contribution in [3.8, 4) is 11.5 Å². The molecule has 0 fully saturated rings. The predicted octanol–water partition coefficient (Wildman–Crippen LogP) is 5.99. The molecule has 29 heavy (non-hydrogen) atoms. The van der Waals surface area contributed by atoms with Gasteiger partial charge in [-0.15, -0.1) is 0 Å². The zero-order valence-electron chi connectivity index (χ0n) is 17.2. The summed E-state index contributed by atoms with van der Waals surface area (Å²) in [6.45, 7) is 9.00. The number of rotatable bonds is 3. The number of para-hydroxylation sites is 1. The van der Waals surface area contributed by atoms with E-state index in [2.05, 4.69) is 0 Å². The molecule has 0 N–H and O–H groups in total. The second kappa shape index (κ2) is 7.95. The topological polar surface area (TPSA) is 61.8 Å². The Morgan fingerprint density at radius 3 is 2.21 bits per heavy atom. The van der Waals surface area contributed by atoms with Gasteiger partial charge in [0.15, 0.2) is 5.75 Å². The molecule has 5 heteroatoms. The van der Waals surface area contributed by atoms with E-state index in [-0.39, 0.29) is 11.3 Å². The number of esters is 1. The van der Waals surface area contributed by atoms with Crippen molar-refractivity contribution < 1.29 is 23.8 Å². The Balaban J connectivity index is 2.09. The maximum Gasteiger partial charge on any atom is 0.514 e. The minimum absolute atomic E-state index is 0.134. The monoisotopic (exact) mass is 392 g/mol. The maximum absolute atomic E-state index is 13.0. The number of ether oxygens (including phenoxy) is 3. The van der Waals surface area contributed by atoms with Crippen LogP contribution in [0.25, 0.3) is 10.8 Å². The van der Waals surface area contributed by atoms with Crippen LogP contribution in [0.2, 0.25) is 0 Å². The Kier molecular flexibility index (Phi) is 5.59. The largest absolute Gasteiger partial charge is 0.514 e. The van der Waals surface area contributed by atoms with Crippen molar-refractivity contribution in [1.82, 2.24) is 0 Å². The Morgan fingerprint density at radius 1 is 0.862 bits per heavy atom. The molecule has 0 saturated heterocycles. The molecular weight excluding hydrogens is 368 g/mol. The molecule has 0 aliphatic carbocycles. The van der Waals surface area contributed by atoms with E-state index in [1.54, 1.807) is 52.0 Å². The molecule has 3 rings (SSSR count). The van der Waals surface area contributed by atoms with Gasteiger partial charge in [0, 0.05) is 5.39 Å². The molecule has 0 radical (unpaired) electrons. The van der Waals surface area contributed by atoms with E-state index in [0.29, 0.717) is 16.7 Å². The SMILES string of the molecule is Cc1ccc2c(OC(=O)OC(C)(C)C)c(C(=O)Oc3ccccc3)c(C)cc2c1. The van der Waals surface area contributed by atoms with Crippen molar-refractivity contribution >= 4 is 22.9 Å². The molecule has 0 amide bonds. The zero-order chi connectivity index (χ0) is 21.2. The maximum atomic E-state index is 13.0. The van der Waals surface area contributed by atoms with Crippen LogP contribution in [0.15, 0.2) is 54.6 Å². The standard InChI is InChI=1S/C24H24O5/c1-15-11-12-19-17(13-15)14-16(2)20(21(19)28-23(26)29-24(3,4)5)22(25)27-18-9-7-6-8-10-18/h6-14H,1-5H3. The number of carbonyl (C=O) groups excluding carboxylic acids is 2. The highest BCUT2D eigenvalue weighted by atomic mass is 16.7. The van der Waals surface area contributed by atoms with Crippen LogP contribution in [0.5, 0.6) is 11.5 Å². The molecule has 3 aromatic carbocycles. The summed E-state index contributed by atoms with van der Waals surface area (Å²) in [6, 6.07) is 16.3. The van der Waals surface area contributed by atoms with Gasteiger partial charge < -0.3 is 14.2 Å². The number of carbonyl (C=O) groups is 2. The van der Waals surface area contributed by atoms with Crippen LogP contribution in [-0.2, 0) is 4.74 Å². The molecule has 0 aliphatic heterocycles. The first-order chi connectivity index (χ1) is 13.6. The van der Waals surface area contributed by atoms with E-state index in [1.807, 2.05) is 37.3 Å². The minimum Gasteiger partial charge on any atom is -0.428 e. The van der Waals surface area contributed by atoms with Crippen LogP contribution in [0.3, 0.4) is 0 Å². The summed E-state index contributed by atoms with van der Waals surface area (Å²) >= 11 is 0. The van der Waals surface area contributed by atoms with Crippen LogP contribution >= 0.6 is 0 Å². The quantitative estimate of drug-likeness (QED) is 0.311. The van der Waals surface area contributed by atoms with E-state index >= 15 is 0 Å². The second-order valence-corrected chi connectivity index (χ2v) is 7.89. The summed E-state index contributed by atoms with van der Waals surface area (Å²) < 4.78 is 16.4. The van der Waals surface area contributed by atoms with Gasteiger partial charge in [0.2, 0.25) is 0 Å².